The fourth-order valence-corrected chi connectivity index (χ4v) is 5.62. The molecule has 0 bridgehead atoms. The molecule has 5 nitrogen and oxygen atoms in total. The summed E-state index contributed by atoms with van der Waals surface area (Å²) in [5.74, 6) is -0.632. The van der Waals surface area contributed by atoms with Gasteiger partial charge in [-0.05, 0) is 44.0 Å². The number of carbonyl (C=O) groups is 1. The molecule has 2 aromatic rings. The van der Waals surface area contributed by atoms with E-state index >= 15 is 0 Å². The number of hydrogen-bond acceptors (Lipinski definition) is 5. The summed E-state index contributed by atoms with van der Waals surface area (Å²) in [5, 5.41) is 10.9. The summed E-state index contributed by atoms with van der Waals surface area (Å²) >= 11 is 7.86. The Labute approximate surface area is 143 Å². The van der Waals surface area contributed by atoms with Crippen molar-refractivity contribution >= 4 is 65.5 Å². The van der Waals surface area contributed by atoms with Gasteiger partial charge >= 0.3 is 0 Å². The summed E-state index contributed by atoms with van der Waals surface area (Å²) in [6.45, 7) is 0. The zero-order valence-corrected chi connectivity index (χ0v) is 15.1. The maximum absolute atomic E-state index is 12.2. The quantitative estimate of drug-likeness (QED) is 0.387. The van der Waals surface area contributed by atoms with Crippen molar-refractivity contribution in [2.75, 3.05) is 5.75 Å². The highest BCUT2D eigenvalue weighted by Gasteiger charge is 2.22. The van der Waals surface area contributed by atoms with Crippen molar-refractivity contribution in [2.45, 2.75) is 4.90 Å². The number of carbonyl (C=O) groups excluding carboxylic acids is 1. The first kappa shape index (κ1) is 16.5. The van der Waals surface area contributed by atoms with Crippen LogP contribution in [0.2, 0.25) is 0 Å². The highest BCUT2D eigenvalue weighted by molar-refractivity contribution is 9.12. The van der Waals surface area contributed by atoms with E-state index in [0.717, 1.165) is 3.79 Å². The fourth-order valence-electron chi connectivity index (χ4n) is 1.61. The molecule has 0 amide bonds. The van der Waals surface area contributed by atoms with Gasteiger partial charge in [0, 0.05) is 11.6 Å². The molecule has 110 valence electrons. The molecular weight excluding hydrogens is 446 g/mol. The Morgan fingerprint density at radius 2 is 2.00 bits per heavy atom. The van der Waals surface area contributed by atoms with Gasteiger partial charge < -0.3 is 0 Å². The minimum atomic E-state index is -1.77. The third kappa shape index (κ3) is 3.85. The van der Waals surface area contributed by atoms with Gasteiger partial charge in [-0.15, -0.1) is 11.3 Å². The van der Waals surface area contributed by atoms with Gasteiger partial charge in [0.05, 0.1) is 29.0 Å². The summed E-state index contributed by atoms with van der Waals surface area (Å²) < 4.78 is 13.6. The van der Waals surface area contributed by atoms with Crippen molar-refractivity contribution in [1.82, 2.24) is 0 Å². The summed E-state index contributed by atoms with van der Waals surface area (Å²) in [7, 11) is -1.77. The van der Waals surface area contributed by atoms with Gasteiger partial charge in [0.25, 0.3) is 5.69 Å². The van der Waals surface area contributed by atoms with Crippen LogP contribution < -0.4 is 0 Å². The van der Waals surface area contributed by atoms with E-state index in [1.807, 2.05) is 0 Å². The van der Waals surface area contributed by atoms with E-state index in [-0.39, 0.29) is 22.1 Å². The van der Waals surface area contributed by atoms with Crippen molar-refractivity contribution in [1.29, 1.82) is 0 Å². The van der Waals surface area contributed by atoms with Gasteiger partial charge in [-0.2, -0.15) is 0 Å². The third-order valence-electron chi connectivity index (χ3n) is 2.53. The molecule has 1 aromatic heterocycles. The number of nitro benzene ring substituents is 1. The number of halogens is 2. The number of benzene rings is 1. The predicted molar refractivity (Wildman–Crippen MR) is 88.4 cm³/mol. The Hall–Kier alpha value is -0.900. The number of para-hydroxylation sites is 1. The Morgan fingerprint density at radius 1 is 1.33 bits per heavy atom. The van der Waals surface area contributed by atoms with Crippen LogP contribution in [0.25, 0.3) is 0 Å². The van der Waals surface area contributed by atoms with E-state index in [9.17, 15) is 19.1 Å². The first-order valence-corrected chi connectivity index (χ1v) is 9.22. The van der Waals surface area contributed by atoms with Gasteiger partial charge in [0.15, 0.2) is 5.78 Å². The van der Waals surface area contributed by atoms with Gasteiger partial charge in [-0.1, -0.05) is 12.1 Å². The van der Waals surface area contributed by atoms with Gasteiger partial charge in [-0.25, -0.2) is 0 Å². The number of thiophene rings is 1. The SMILES string of the molecule is O=C(CS(=O)c1ccccc1[N+](=O)[O-])c1cc(Br)sc1Br. The summed E-state index contributed by atoms with van der Waals surface area (Å²) in [4.78, 5) is 22.5. The van der Waals surface area contributed by atoms with Gasteiger partial charge in [0.1, 0.15) is 4.90 Å². The number of rotatable bonds is 5. The van der Waals surface area contributed by atoms with Crippen LogP contribution in [0.5, 0.6) is 0 Å². The Balaban J connectivity index is 2.25. The topological polar surface area (TPSA) is 77.3 Å². The molecule has 0 aliphatic heterocycles. The van der Waals surface area contributed by atoms with Crippen LogP contribution in [0.1, 0.15) is 10.4 Å². The average Bonchev–Trinajstić information content (AvgIpc) is 2.77. The predicted octanol–water partition coefficient (Wildman–Crippen LogP) is 4.17. The Morgan fingerprint density at radius 3 is 2.57 bits per heavy atom. The lowest BCUT2D eigenvalue weighted by Gasteiger charge is -2.02. The van der Waals surface area contributed by atoms with Crippen molar-refractivity contribution in [3.05, 3.63) is 53.6 Å². The second-order valence-electron chi connectivity index (χ2n) is 3.88. The van der Waals surface area contributed by atoms with E-state index in [0.29, 0.717) is 9.35 Å². The molecule has 0 aliphatic rings. The molecule has 1 heterocycles. The molecule has 0 spiro atoms. The summed E-state index contributed by atoms with van der Waals surface area (Å²) in [6.07, 6.45) is 0. The molecular formula is C12H7Br2NO4S2. The van der Waals surface area contributed by atoms with E-state index in [1.165, 1.54) is 29.5 Å². The zero-order chi connectivity index (χ0) is 15.6. The first-order valence-electron chi connectivity index (χ1n) is 5.50. The van der Waals surface area contributed by atoms with Crippen LogP contribution in [0.4, 0.5) is 5.69 Å². The number of nitrogens with zero attached hydrogens (tertiary/aromatic N) is 1. The minimum absolute atomic E-state index is 0.0567. The summed E-state index contributed by atoms with van der Waals surface area (Å²) in [6, 6.07) is 7.36. The molecule has 9 heteroatoms. The third-order valence-corrected chi connectivity index (χ3v) is 6.23. The second-order valence-corrected chi connectivity index (χ2v) is 9.04. The lowest BCUT2D eigenvalue weighted by Crippen LogP contribution is -2.12. The van der Waals surface area contributed by atoms with E-state index < -0.39 is 15.7 Å². The average molecular weight is 453 g/mol. The van der Waals surface area contributed by atoms with Crippen molar-refractivity contribution < 1.29 is 13.9 Å². The van der Waals surface area contributed by atoms with Gasteiger partial charge in [0.2, 0.25) is 0 Å². The second kappa shape index (κ2) is 6.91. The van der Waals surface area contributed by atoms with E-state index in [2.05, 4.69) is 31.9 Å². The lowest BCUT2D eigenvalue weighted by molar-refractivity contribution is -0.387. The van der Waals surface area contributed by atoms with Crippen LogP contribution in [0.3, 0.4) is 0 Å². The molecule has 21 heavy (non-hydrogen) atoms. The molecule has 0 N–H and O–H groups in total. The summed E-state index contributed by atoms with van der Waals surface area (Å²) in [5.41, 5.74) is 0.174. The maximum Gasteiger partial charge on any atom is 0.285 e. The number of hydrogen-bond donors (Lipinski definition) is 0. The number of ketones is 1. The maximum atomic E-state index is 12.2. The molecule has 0 radical (unpaired) electrons. The van der Waals surface area contributed by atoms with Crippen LogP contribution >= 0.6 is 43.2 Å². The highest BCUT2D eigenvalue weighted by Crippen LogP contribution is 2.32. The first-order chi connectivity index (χ1) is 9.90. The molecule has 2 rings (SSSR count). The van der Waals surface area contributed by atoms with Crippen LogP contribution in [0.15, 0.2) is 42.8 Å². The van der Waals surface area contributed by atoms with Gasteiger partial charge in [-0.3, -0.25) is 19.1 Å². The highest BCUT2D eigenvalue weighted by atomic mass is 79.9. The number of Topliss-reactive ketones (excluding diaryl/α,β-unsaturated/α-hetero) is 1. The standard InChI is InChI=1S/C12H7Br2NO4S2/c13-11-5-7(12(14)20-11)9(16)6-21(19)10-4-2-1-3-8(10)15(17)18/h1-5H,6H2. The molecule has 0 aliphatic carbocycles. The van der Waals surface area contributed by atoms with Crippen molar-refractivity contribution in [3.8, 4) is 0 Å². The van der Waals surface area contributed by atoms with Crippen LogP contribution in [-0.4, -0.2) is 20.7 Å². The monoisotopic (exact) mass is 451 g/mol. The number of nitro groups is 1. The normalized spacial score (nSPS) is 12.1. The van der Waals surface area contributed by atoms with E-state index in [1.54, 1.807) is 12.1 Å². The largest absolute Gasteiger partial charge is 0.293 e. The van der Waals surface area contributed by atoms with Crippen molar-refractivity contribution in [2.24, 2.45) is 0 Å². The Bertz CT molecular complexity index is 745. The van der Waals surface area contributed by atoms with E-state index in [4.69, 9.17) is 0 Å². The lowest BCUT2D eigenvalue weighted by atomic mass is 10.2. The molecule has 1 unspecified atom stereocenters. The molecule has 0 fully saturated rings. The Kier molecular flexibility index (Phi) is 5.42. The van der Waals surface area contributed by atoms with Crippen LogP contribution in [-0.2, 0) is 10.8 Å². The molecule has 1 aromatic carbocycles. The van der Waals surface area contributed by atoms with Crippen LogP contribution in [0, 0.1) is 10.1 Å². The minimum Gasteiger partial charge on any atom is -0.293 e. The molecule has 1 atom stereocenters. The smallest absolute Gasteiger partial charge is 0.285 e. The van der Waals surface area contributed by atoms with Crippen molar-refractivity contribution in [3.63, 3.8) is 0 Å². The zero-order valence-electron chi connectivity index (χ0n) is 10.2. The fraction of sp³-hybridized carbons (Fsp3) is 0.0833. The molecule has 0 saturated carbocycles. The molecule has 0 saturated heterocycles.